The second kappa shape index (κ2) is 6.25. The number of nitrogens with zero attached hydrogens (tertiary/aromatic N) is 2. The van der Waals surface area contributed by atoms with Gasteiger partial charge in [-0.2, -0.15) is 0 Å². The van der Waals surface area contributed by atoms with Gasteiger partial charge >= 0.3 is 0 Å². The van der Waals surface area contributed by atoms with Crippen molar-refractivity contribution >= 4 is 32.2 Å². The highest BCUT2D eigenvalue weighted by molar-refractivity contribution is 9.10. The third-order valence-electron chi connectivity index (χ3n) is 3.29. The van der Waals surface area contributed by atoms with Crippen LogP contribution < -0.4 is 5.32 Å². The normalized spacial score (nSPS) is 12.9. The lowest BCUT2D eigenvalue weighted by atomic mass is 10.0. The zero-order valence-corrected chi connectivity index (χ0v) is 13.9. The Morgan fingerprint density at radius 1 is 1.43 bits per heavy atom. The zero-order chi connectivity index (χ0) is 14.8. The molecule has 0 aliphatic rings. The number of thiazole rings is 1. The highest BCUT2D eigenvalue weighted by Gasteiger charge is 2.15. The summed E-state index contributed by atoms with van der Waals surface area (Å²) in [5.74, 6) is -0.229. The number of benzene rings is 1. The molecule has 1 unspecified atom stereocenters. The second-order valence-electron chi connectivity index (χ2n) is 4.84. The van der Waals surface area contributed by atoms with Crippen LogP contribution in [-0.4, -0.2) is 15.9 Å². The topological polar surface area (TPSA) is 29.3 Å². The zero-order valence-electron chi connectivity index (χ0n) is 11.5. The van der Waals surface area contributed by atoms with E-state index in [1.807, 2.05) is 35.2 Å². The van der Waals surface area contributed by atoms with Crippen molar-refractivity contribution < 1.29 is 4.39 Å². The highest BCUT2D eigenvalue weighted by atomic mass is 79.9. The SMILES string of the molecule is CCNC(Cc1cn2ccsc2n1)c1cc(F)cc(Br)c1. The molecule has 3 aromatic rings. The van der Waals surface area contributed by atoms with Crippen LogP contribution >= 0.6 is 27.3 Å². The van der Waals surface area contributed by atoms with Crippen molar-refractivity contribution in [3.63, 3.8) is 0 Å². The first-order valence-corrected chi connectivity index (χ1v) is 8.43. The smallest absolute Gasteiger partial charge is 0.193 e. The summed E-state index contributed by atoms with van der Waals surface area (Å²) >= 11 is 4.97. The summed E-state index contributed by atoms with van der Waals surface area (Å²) in [4.78, 5) is 5.59. The predicted molar refractivity (Wildman–Crippen MR) is 87.3 cm³/mol. The van der Waals surface area contributed by atoms with Gasteiger partial charge < -0.3 is 5.32 Å². The average molecular weight is 368 g/mol. The van der Waals surface area contributed by atoms with Crippen molar-refractivity contribution in [2.24, 2.45) is 0 Å². The third kappa shape index (κ3) is 3.33. The number of likely N-dealkylation sites (N-methyl/N-ethyl adjacent to an activating group) is 1. The summed E-state index contributed by atoms with van der Waals surface area (Å²) in [6.07, 6.45) is 4.76. The van der Waals surface area contributed by atoms with E-state index in [9.17, 15) is 4.39 Å². The number of hydrogen-bond acceptors (Lipinski definition) is 3. The summed E-state index contributed by atoms with van der Waals surface area (Å²) in [5, 5.41) is 5.42. The van der Waals surface area contributed by atoms with Gasteiger partial charge in [0.15, 0.2) is 4.96 Å². The van der Waals surface area contributed by atoms with Gasteiger partial charge in [-0.05, 0) is 30.3 Å². The molecule has 0 saturated carbocycles. The molecule has 6 heteroatoms. The number of fused-ring (bicyclic) bond motifs is 1. The molecule has 3 nitrogen and oxygen atoms in total. The number of hydrogen-bond donors (Lipinski definition) is 1. The maximum absolute atomic E-state index is 13.6. The number of nitrogens with one attached hydrogen (secondary N) is 1. The maximum atomic E-state index is 13.6. The fraction of sp³-hybridized carbons (Fsp3) is 0.267. The minimum absolute atomic E-state index is 0.0478. The van der Waals surface area contributed by atoms with Gasteiger partial charge in [0.1, 0.15) is 5.82 Å². The summed E-state index contributed by atoms with van der Waals surface area (Å²) in [5.41, 5.74) is 1.94. The number of rotatable bonds is 5. The summed E-state index contributed by atoms with van der Waals surface area (Å²) in [6.45, 7) is 2.87. The quantitative estimate of drug-likeness (QED) is 0.732. The monoisotopic (exact) mass is 367 g/mol. The lowest BCUT2D eigenvalue weighted by Gasteiger charge is -2.17. The van der Waals surface area contributed by atoms with Crippen molar-refractivity contribution in [1.29, 1.82) is 0 Å². The molecule has 0 bridgehead atoms. The van der Waals surface area contributed by atoms with Crippen LogP contribution in [0.2, 0.25) is 0 Å². The molecule has 3 rings (SSSR count). The molecule has 0 radical (unpaired) electrons. The molecule has 1 atom stereocenters. The fourth-order valence-electron chi connectivity index (χ4n) is 2.41. The Morgan fingerprint density at radius 3 is 3.00 bits per heavy atom. The Hall–Kier alpha value is -1.24. The van der Waals surface area contributed by atoms with Crippen molar-refractivity contribution in [2.45, 2.75) is 19.4 Å². The largest absolute Gasteiger partial charge is 0.310 e. The molecule has 0 amide bonds. The lowest BCUT2D eigenvalue weighted by molar-refractivity contribution is 0.538. The fourth-order valence-corrected chi connectivity index (χ4v) is 3.62. The molecule has 1 aromatic carbocycles. The van der Waals surface area contributed by atoms with Gasteiger partial charge in [-0.15, -0.1) is 11.3 Å². The van der Waals surface area contributed by atoms with Gasteiger partial charge in [0.25, 0.3) is 0 Å². The van der Waals surface area contributed by atoms with Crippen LogP contribution in [0.25, 0.3) is 4.96 Å². The van der Waals surface area contributed by atoms with Crippen LogP contribution in [0.5, 0.6) is 0 Å². The number of imidazole rings is 1. The molecular weight excluding hydrogens is 353 g/mol. The van der Waals surface area contributed by atoms with Crippen molar-refractivity contribution in [1.82, 2.24) is 14.7 Å². The standard InChI is InChI=1S/C15H15BrFN3S/c1-2-18-14(10-5-11(16)7-12(17)6-10)8-13-9-20-3-4-21-15(20)19-13/h3-7,9,14,18H,2,8H2,1H3. The second-order valence-corrected chi connectivity index (χ2v) is 6.63. The van der Waals surface area contributed by atoms with E-state index in [2.05, 4.69) is 26.2 Å². The van der Waals surface area contributed by atoms with Crippen LogP contribution in [0.15, 0.2) is 40.4 Å². The molecule has 0 fully saturated rings. The number of halogens is 2. The molecular formula is C15H15BrFN3S. The van der Waals surface area contributed by atoms with E-state index in [1.165, 1.54) is 6.07 Å². The van der Waals surface area contributed by atoms with Gasteiger partial charge in [-0.25, -0.2) is 9.37 Å². The Morgan fingerprint density at radius 2 is 2.29 bits per heavy atom. The highest BCUT2D eigenvalue weighted by Crippen LogP contribution is 2.24. The van der Waals surface area contributed by atoms with Gasteiger partial charge in [0, 0.05) is 34.7 Å². The van der Waals surface area contributed by atoms with E-state index < -0.39 is 0 Å². The van der Waals surface area contributed by atoms with Gasteiger partial charge in [0.2, 0.25) is 0 Å². The molecule has 0 spiro atoms. The van der Waals surface area contributed by atoms with Crippen molar-refractivity contribution in [3.05, 3.63) is 57.5 Å². The van der Waals surface area contributed by atoms with Gasteiger partial charge in [-0.3, -0.25) is 4.40 Å². The molecule has 21 heavy (non-hydrogen) atoms. The minimum Gasteiger partial charge on any atom is -0.310 e. The Kier molecular flexibility index (Phi) is 4.37. The maximum Gasteiger partial charge on any atom is 0.193 e. The molecule has 0 aliphatic heterocycles. The van der Waals surface area contributed by atoms with E-state index in [0.29, 0.717) is 0 Å². The third-order valence-corrected chi connectivity index (χ3v) is 4.52. The summed E-state index contributed by atoms with van der Waals surface area (Å²) in [7, 11) is 0. The lowest BCUT2D eigenvalue weighted by Crippen LogP contribution is -2.23. The number of aromatic nitrogens is 2. The van der Waals surface area contributed by atoms with Crippen LogP contribution in [0.3, 0.4) is 0 Å². The van der Waals surface area contributed by atoms with E-state index >= 15 is 0 Å². The van der Waals surface area contributed by atoms with E-state index in [-0.39, 0.29) is 11.9 Å². The summed E-state index contributed by atoms with van der Waals surface area (Å²) < 4.78 is 16.4. The van der Waals surface area contributed by atoms with Crippen LogP contribution in [0.4, 0.5) is 4.39 Å². The first-order chi connectivity index (χ1) is 10.2. The molecule has 0 aliphatic carbocycles. The van der Waals surface area contributed by atoms with E-state index in [4.69, 9.17) is 0 Å². The van der Waals surface area contributed by atoms with Crippen LogP contribution in [0, 0.1) is 5.82 Å². The Labute approximate surface area is 135 Å². The van der Waals surface area contributed by atoms with Crippen LogP contribution in [0.1, 0.15) is 24.2 Å². The first-order valence-electron chi connectivity index (χ1n) is 6.76. The van der Waals surface area contributed by atoms with Crippen molar-refractivity contribution in [3.8, 4) is 0 Å². The minimum atomic E-state index is -0.229. The first kappa shape index (κ1) is 14.7. The molecule has 1 N–H and O–H groups in total. The molecule has 0 saturated heterocycles. The van der Waals surface area contributed by atoms with E-state index in [0.717, 1.165) is 33.7 Å². The van der Waals surface area contributed by atoms with E-state index in [1.54, 1.807) is 17.4 Å². The van der Waals surface area contributed by atoms with Crippen LogP contribution in [-0.2, 0) is 6.42 Å². The Bertz CT molecular complexity index is 704. The Balaban J connectivity index is 1.88. The van der Waals surface area contributed by atoms with Gasteiger partial charge in [0.05, 0.1) is 5.69 Å². The van der Waals surface area contributed by atoms with Gasteiger partial charge in [-0.1, -0.05) is 22.9 Å². The van der Waals surface area contributed by atoms with Crippen molar-refractivity contribution in [2.75, 3.05) is 6.54 Å². The predicted octanol–water partition coefficient (Wildman–Crippen LogP) is 4.19. The molecule has 110 valence electrons. The molecule has 2 heterocycles. The summed E-state index contributed by atoms with van der Waals surface area (Å²) in [6, 6.07) is 5.05. The molecule has 2 aromatic heterocycles. The average Bonchev–Trinajstić information content (AvgIpc) is 2.97.